The Labute approximate surface area is 181 Å². The normalized spacial score (nSPS) is 19.6. The smallest absolute Gasteiger partial charge is 0.254 e. The fourth-order valence-electron chi connectivity index (χ4n) is 4.63. The van der Waals surface area contributed by atoms with Gasteiger partial charge in [-0.2, -0.15) is 0 Å². The maximum absolute atomic E-state index is 13.4. The summed E-state index contributed by atoms with van der Waals surface area (Å²) in [6.07, 6.45) is 7.44. The van der Waals surface area contributed by atoms with Gasteiger partial charge in [0.2, 0.25) is 0 Å². The van der Waals surface area contributed by atoms with Crippen molar-refractivity contribution in [3.05, 3.63) is 58.4 Å². The number of benzene rings is 1. The monoisotopic (exact) mass is 423 g/mol. The molecular formula is C23H26ClN5O. The molecule has 0 N–H and O–H groups in total. The number of fused-ring (bicyclic) bond motifs is 1. The maximum Gasteiger partial charge on any atom is 0.254 e. The molecule has 2 aromatic heterocycles. The lowest BCUT2D eigenvalue weighted by Crippen LogP contribution is -2.39. The molecule has 7 heteroatoms. The predicted molar refractivity (Wildman–Crippen MR) is 118 cm³/mol. The van der Waals surface area contributed by atoms with Gasteiger partial charge in [-0.1, -0.05) is 17.7 Å². The predicted octanol–water partition coefficient (Wildman–Crippen LogP) is 4.66. The van der Waals surface area contributed by atoms with Crippen molar-refractivity contribution in [3.8, 4) is 0 Å². The lowest BCUT2D eigenvalue weighted by Gasteiger charge is -2.35. The number of imidazole rings is 1. The van der Waals surface area contributed by atoms with Crippen molar-refractivity contribution < 1.29 is 4.79 Å². The number of nitrogens with zero attached hydrogens (tertiary/aromatic N) is 5. The summed E-state index contributed by atoms with van der Waals surface area (Å²) in [5.74, 6) is 1.03. The van der Waals surface area contributed by atoms with E-state index in [0.717, 1.165) is 61.6 Å². The molecule has 156 valence electrons. The number of piperidine rings is 1. The first kappa shape index (κ1) is 19.4. The average molecular weight is 424 g/mol. The molecule has 6 nitrogen and oxygen atoms in total. The molecule has 1 unspecified atom stereocenters. The number of halogens is 1. The van der Waals surface area contributed by atoms with Gasteiger partial charge in [0.15, 0.2) is 5.65 Å². The molecule has 2 aliphatic rings. The first-order valence-electron chi connectivity index (χ1n) is 10.8. The fourth-order valence-corrected chi connectivity index (χ4v) is 4.80. The second-order valence-corrected chi connectivity index (χ2v) is 8.76. The Balaban J connectivity index is 1.47. The molecule has 2 aliphatic heterocycles. The van der Waals surface area contributed by atoms with Gasteiger partial charge in [0, 0.05) is 30.2 Å². The van der Waals surface area contributed by atoms with E-state index in [2.05, 4.69) is 11.0 Å². The van der Waals surface area contributed by atoms with Gasteiger partial charge in [-0.05, 0) is 68.9 Å². The van der Waals surface area contributed by atoms with Crippen LogP contribution < -0.4 is 4.90 Å². The lowest BCUT2D eigenvalue weighted by molar-refractivity contribution is 0.0606. The third-order valence-electron chi connectivity index (χ3n) is 6.29. The van der Waals surface area contributed by atoms with Crippen molar-refractivity contribution in [1.29, 1.82) is 0 Å². The van der Waals surface area contributed by atoms with Crippen LogP contribution in [0.25, 0.3) is 5.65 Å². The highest BCUT2D eigenvalue weighted by atomic mass is 35.5. The SMILES string of the molecule is Cc1ccc(Cl)cc1C(=O)N1CCCCC1c1cn2nc(N3CCCC3)ccc2n1. The Hall–Kier alpha value is -2.60. The van der Waals surface area contributed by atoms with Crippen LogP contribution in [-0.4, -0.2) is 45.0 Å². The third kappa shape index (κ3) is 3.54. The molecule has 5 rings (SSSR count). The minimum absolute atomic E-state index is 0.0301. The van der Waals surface area contributed by atoms with Crippen LogP contribution in [0.5, 0.6) is 0 Å². The topological polar surface area (TPSA) is 53.7 Å². The molecular weight excluding hydrogens is 398 g/mol. The van der Waals surface area contributed by atoms with Crippen LogP contribution >= 0.6 is 11.6 Å². The second kappa shape index (κ2) is 7.91. The quantitative estimate of drug-likeness (QED) is 0.614. The van der Waals surface area contributed by atoms with E-state index >= 15 is 0 Å². The van der Waals surface area contributed by atoms with Crippen molar-refractivity contribution in [1.82, 2.24) is 19.5 Å². The number of rotatable bonds is 3. The summed E-state index contributed by atoms with van der Waals surface area (Å²) in [5, 5.41) is 5.37. The molecule has 0 bridgehead atoms. The average Bonchev–Trinajstić information content (AvgIpc) is 3.44. The molecule has 0 aliphatic carbocycles. The highest BCUT2D eigenvalue weighted by Crippen LogP contribution is 2.33. The molecule has 4 heterocycles. The Morgan fingerprint density at radius 2 is 1.87 bits per heavy atom. The number of carbonyl (C=O) groups excluding carboxylic acids is 1. The fraction of sp³-hybridized carbons (Fsp3) is 0.435. The number of aryl methyl sites for hydroxylation is 1. The van der Waals surface area contributed by atoms with E-state index in [1.54, 1.807) is 6.07 Å². The van der Waals surface area contributed by atoms with Gasteiger partial charge in [-0.25, -0.2) is 9.50 Å². The van der Waals surface area contributed by atoms with Gasteiger partial charge in [0.1, 0.15) is 5.82 Å². The summed E-state index contributed by atoms with van der Waals surface area (Å²) in [7, 11) is 0. The third-order valence-corrected chi connectivity index (χ3v) is 6.52. The van der Waals surface area contributed by atoms with E-state index in [-0.39, 0.29) is 11.9 Å². The van der Waals surface area contributed by atoms with Gasteiger partial charge in [-0.3, -0.25) is 4.79 Å². The molecule has 0 saturated carbocycles. The van der Waals surface area contributed by atoms with Crippen LogP contribution in [0.4, 0.5) is 5.82 Å². The number of amides is 1. The lowest BCUT2D eigenvalue weighted by atomic mass is 9.97. The van der Waals surface area contributed by atoms with Crippen LogP contribution in [-0.2, 0) is 0 Å². The minimum atomic E-state index is -0.0402. The summed E-state index contributed by atoms with van der Waals surface area (Å²) in [5.41, 5.74) is 3.35. The van der Waals surface area contributed by atoms with Gasteiger partial charge in [-0.15, -0.1) is 5.10 Å². The molecule has 0 spiro atoms. The number of hydrogen-bond acceptors (Lipinski definition) is 4. The molecule has 2 fully saturated rings. The summed E-state index contributed by atoms with van der Waals surface area (Å²) >= 11 is 6.18. The van der Waals surface area contributed by atoms with E-state index in [9.17, 15) is 4.79 Å². The van der Waals surface area contributed by atoms with Crippen molar-refractivity contribution in [2.24, 2.45) is 0 Å². The zero-order chi connectivity index (χ0) is 20.7. The van der Waals surface area contributed by atoms with Crippen LogP contribution in [0.1, 0.15) is 59.8 Å². The summed E-state index contributed by atoms with van der Waals surface area (Å²) in [6, 6.07) is 9.55. The van der Waals surface area contributed by atoms with Crippen LogP contribution in [0.2, 0.25) is 5.02 Å². The van der Waals surface area contributed by atoms with E-state index in [0.29, 0.717) is 10.6 Å². The number of likely N-dealkylation sites (tertiary alicyclic amines) is 1. The van der Waals surface area contributed by atoms with Gasteiger partial charge < -0.3 is 9.80 Å². The van der Waals surface area contributed by atoms with Gasteiger partial charge in [0.05, 0.1) is 17.9 Å². The highest BCUT2D eigenvalue weighted by Gasteiger charge is 2.31. The van der Waals surface area contributed by atoms with Crippen molar-refractivity contribution in [2.45, 2.75) is 45.1 Å². The molecule has 1 atom stereocenters. The second-order valence-electron chi connectivity index (χ2n) is 8.32. The van der Waals surface area contributed by atoms with Crippen LogP contribution in [0.15, 0.2) is 36.5 Å². The number of hydrogen-bond donors (Lipinski definition) is 0. The number of aromatic nitrogens is 3. The largest absolute Gasteiger partial charge is 0.355 e. The summed E-state index contributed by atoms with van der Waals surface area (Å²) < 4.78 is 1.87. The Kier molecular flexibility index (Phi) is 5.11. The maximum atomic E-state index is 13.4. The van der Waals surface area contributed by atoms with E-state index < -0.39 is 0 Å². The standard InChI is InChI=1S/C23H26ClN5O/c1-16-7-8-17(24)14-18(16)23(30)28-13-3-2-6-20(28)19-15-29-21(25-19)9-10-22(26-29)27-11-4-5-12-27/h7-10,14-15,20H,2-6,11-13H2,1H3. The Morgan fingerprint density at radius 3 is 2.70 bits per heavy atom. The number of carbonyl (C=O) groups is 1. The first-order valence-corrected chi connectivity index (χ1v) is 11.2. The highest BCUT2D eigenvalue weighted by molar-refractivity contribution is 6.31. The molecule has 1 aromatic carbocycles. The summed E-state index contributed by atoms with van der Waals surface area (Å²) in [4.78, 5) is 22.5. The van der Waals surface area contributed by atoms with Gasteiger partial charge >= 0.3 is 0 Å². The van der Waals surface area contributed by atoms with Crippen molar-refractivity contribution >= 4 is 29.0 Å². The van der Waals surface area contributed by atoms with Gasteiger partial charge in [0.25, 0.3) is 5.91 Å². The zero-order valence-electron chi connectivity index (χ0n) is 17.2. The molecule has 2 saturated heterocycles. The molecule has 0 radical (unpaired) electrons. The zero-order valence-corrected chi connectivity index (χ0v) is 18.0. The van der Waals surface area contributed by atoms with Crippen molar-refractivity contribution in [3.63, 3.8) is 0 Å². The Morgan fingerprint density at radius 1 is 1.07 bits per heavy atom. The van der Waals surface area contributed by atoms with Crippen LogP contribution in [0.3, 0.4) is 0 Å². The molecule has 3 aromatic rings. The van der Waals surface area contributed by atoms with E-state index in [1.165, 1.54) is 12.8 Å². The summed E-state index contributed by atoms with van der Waals surface area (Å²) in [6.45, 7) is 4.81. The van der Waals surface area contributed by atoms with E-state index in [1.807, 2.05) is 40.7 Å². The van der Waals surface area contributed by atoms with Crippen molar-refractivity contribution in [2.75, 3.05) is 24.5 Å². The Bertz CT molecular complexity index is 1090. The van der Waals surface area contributed by atoms with Crippen LogP contribution in [0, 0.1) is 6.92 Å². The number of anilines is 1. The molecule has 30 heavy (non-hydrogen) atoms. The minimum Gasteiger partial charge on any atom is -0.355 e. The van der Waals surface area contributed by atoms with E-state index in [4.69, 9.17) is 21.7 Å². The molecule has 1 amide bonds. The first-order chi connectivity index (χ1) is 14.6.